The van der Waals surface area contributed by atoms with Crippen molar-refractivity contribution in [3.8, 4) is 5.75 Å². The molecular weight excluding hydrogens is 290 g/mol. The second-order valence-electron chi connectivity index (χ2n) is 4.50. The summed E-state index contributed by atoms with van der Waals surface area (Å²) in [6.45, 7) is 1.15. The Hall–Kier alpha value is -2.05. The van der Waals surface area contributed by atoms with E-state index in [1.165, 1.54) is 7.11 Å². The summed E-state index contributed by atoms with van der Waals surface area (Å²) in [4.78, 5) is 0. The highest BCUT2D eigenvalue weighted by atomic mass is 19.2. The number of halogens is 5. The Morgan fingerprint density at radius 1 is 0.810 bits per heavy atom. The van der Waals surface area contributed by atoms with Crippen molar-refractivity contribution in [1.82, 2.24) is 0 Å². The average Bonchev–Trinajstić information content (AvgIpc) is 2.43. The zero-order valence-corrected chi connectivity index (χ0v) is 11.2. The summed E-state index contributed by atoms with van der Waals surface area (Å²) >= 11 is 0. The van der Waals surface area contributed by atoms with Gasteiger partial charge in [-0.1, -0.05) is 0 Å². The van der Waals surface area contributed by atoms with E-state index < -0.39 is 41.8 Å². The zero-order chi connectivity index (χ0) is 15.7. The minimum Gasteiger partial charge on any atom is -0.497 e. The van der Waals surface area contributed by atoms with E-state index in [1.54, 1.807) is 0 Å². The molecule has 0 aliphatic rings. The second kappa shape index (κ2) is 5.75. The molecule has 0 radical (unpaired) electrons. The number of benzene rings is 2. The zero-order valence-electron chi connectivity index (χ0n) is 11.2. The summed E-state index contributed by atoms with van der Waals surface area (Å²) in [6.07, 6.45) is 0. The predicted octanol–water partition coefficient (Wildman–Crippen LogP) is 2.09. The average molecular weight is 300 g/mol. The van der Waals surface area contributed by atoms with Gasteiger partial charge in [0.15, 0.2) is 11.6 Å². The Kier molecular flexibility index (Phi) is 4.20. The standard InChI is InChI=1S/C14H10BF5O/c1-6-12(10(18)5-11(19)14(6)20)15-13-8(16)3-7(21-2)4-9(13)17/h3-5,15H,1-2H3. The van der Waals surface area contributed by atoms with E-state index in [9.17, 15) is 22.0 Å². The van der Waals surface area contributed by atoms with Crippen LogP contribution in [0.15, 0.2) is 18.2 Å². The molecule has 110 valence electrons. The molecule has 0 N–H and O–H groups in total. The van der Waals surface area contributed by atoms with Gasteiger partial charge in [-0.15, -0.1) is 0 Å². The predicted molar refractivity (Wildman–Crippen MR) is 70.4 cm³/mol. The van der Waals surface area contributed by atoms with Crippen LogP contribution in [0.4, 0.5) is 22.0 Å². The van der Waals surface area contributed by atoms with Crippen molar-refractivity contribution in [3.63, 3.8) is 0 Å². The van der Waals surface area contributed by atoms with Crippen molar-refractivity contribution in [2.75, 3.05) is 7.11 Å². The summed E-state index contributed by atoms with van der Waals surface area (Å²) in [5, 5.41) is 0. The minimum absolute atomic E-state index is 0.0313. The Bertz CT molecular complexity index is 679. The fraction of sp³-hybridized carbons (Fsp3) is 0.143. The molecule has 2 rings (SSSR count). The first-order valence-electron chi connectivity index (χ1n) is 6.00. The molecule has 21 heavy (non-hydrogen) atoms. The summed E-state index contributed by atoms with van der Waals surface area (Å²) in [7, 11) is 0.712. The number of hydrogen-bond acceptors (Lipinski definition) is 1. The highest BCUT2D eigenvalue weighted by Gasteiger charge is 2.21. The maximum atomic E-state index is 13.8. The van der Waals surface area contributed by atoms with Gasteiger partial charge in [-0.05, 0) is 23.4 Å². The van der Waals surface area contributed by atoms with Gasteiger partial charge in [-0.3, -0.25) is 0 Å². The first-order valence-corrected chi connectivity index (χ1v) is 6.00. The number of ether oxygens (including phenoxy) is 1. The third-order valence-electron chi connectivity index (χ3n) is 3.24. The lowest BCUT2D eigenvalue weighted by Gasteiger charge is -2.11. The maximum absolute atomic E-state index is 13.8. The molecule has 0 fully saturated rings. The molecule has 0 heterocycles. The van der Waals surface area contributed by atoms with Crippen LogP contribution in [-0.2, 0) is 0 Å². The van der Waals surface area contributed by atoms with Crippen molar-refractivity contribution in [2.24, 2.45) is 0 Å². The van der Waals surface area contributed by atoms with E-state index in [1.807, 2.05) is 0 Å². The van der Waals surface area contributed by atoms with Crippen LogP contribution in [0.5, 0.6) is 5.75 Å². The molecule has 0 aliphatic heterocycles. The van der Waals surface area contributed by atoms with Crippen molar-refractivity contribution in [2.45, 2.75) is 6.92 Å². The molecule has 0 aliphatic carbocycles. The fourth-order valence-electron chi connectivity index (χ4n) is 2.01. The highest BCUT2D eigenvalue weighted by Crippen LogP contribution is 2.14. The topological polar surface area (TPSA) is 9.23 Å². The fourth-order valence-corrected chi connectivity index (χ4v) is 2.01. The molecule has 0 unspecified atom stereocenters. The lowest BCUT2D eigenvalue weighted by Crippen LogP contribution is -2.36. The van der Waals surface area contributed by atoms with Gasteiger partial charge in [0.05, 0.1) is 7.11 Å². The first-order chi connectivity index (χ1) is 9.85. The van der Waals surface area contributed by atoms with Crippen LogP contribution in [0.2, 0.25) is 0 Å². The summed E-state index contributed by atoms with van der Waals surface area (Å²) < 4.78 is 72.5. The van der Waals surface area contributed by atoms with Gasteiger partial charge in [0.1, 0.15) is 23.2 Å². The summed E-state index contributed by atoms with van der Waals surface area (Å²) in [5.74, 6) is -5.56. The second-order valence-corrected chi connectivity index (χ2v) is 4.50. The lowest BCUT2D eigenvalue weighted by molar-refractivity contribution is 0.407. The smallest absolute Gasteiger partial charge is 0.204 e. The molecule has 0 atom stereocenters. The quantitative estimate of drug-likeness (QED) is 0.479. The molecule has 0 amide bonds. The molecule has 0 bridgehead atoms. The molecule has 0 aromatic heterocycles. The van der Waals surface area contributed by atoms with Crippen molar-refractivity contribution in [1.29, 1.82) is 0 Å². The first kappa shape index (κ1) is 15.3. The molecule has 2 aromatic carbocycles. The van der Waals surface area contributed by atoms with E-state index in [4.69, 9.17) is 4.74 Å². The van der Waals surface area contributed by atoms with Gasteiger partial charge in [-0.25, -0.2) is 22.0 Å². The number of methoxy groups -OCH3 is 1. The minimum atomic E-state index is -1.34. The maximum Gasteiger partial charge on any atom is 0.204 e. The van der Waals surface area contributed by atoms with Gasteiger partial charge < -0.3 is 4.74 Å². The van der Waals surface area contributed by atoms with Gasteiger partial charge >= 0.3 is 0 Å². The van der Waals surface area contributed by atoms with E-state index in [0.717, 1.165) is 19.1 Å². The molecule has 0 spiro atoms. The highest BCUT2D eigenvalue weighted by molar-refractivity contribution is 6.68. The van der Waals surface area contributed by atoms with Crippen LogP contribution < -0.4 is 15.7 Å². The van der Waals surface area contributed by atoms with Gasteiger partial charge in [0.2, 0.25) is 7.28 Å². The largest absolute Gasteiger partial charge is 0.497 e. The lowest BCUT2D eigenvalue weighted by atomic mass is 9.61. The van der Waals surface area contributed by atoms with Crippen LogP contribution in [0, 0.1) is 36.0 Å². The number of hydrogen-bond donors (Lipinski definition) is 0. The summed E-state index contributed by atoms with van der Waals surface area (Å²) in [5.41, 5.74) is -1.05. The van der Waals surface area contributed by atoms with Crippen LogP contribution in [-0.4, -0.2) is 14.4 Å². The van der Waals surface area contributed by atoms with Crippen molar-refractivity contribution in [3.05, 3.63) is 52.8 Å². The van der Waals surface area contributed by atoms with E-state index in [2.05, 4.69) is 0 Å². The third kappa shape index (κ3) is 2.86. The van der Waals surface area contributed by atoms with Crippen LogP contribution in [0.1, 0.15) is 5.56 Å². The normalized spacial score (nSPS) is 10.6. The molecular formula is C14H10BF5O. The number of rotatable bonds is 3. The third-order valence-corrected chi connectivity index (χ3v) is 3.24. The van der Waals surface area contributed by atoms with Gasteiger partial charge in [0.25, 0.3) is 0 Å². The Labute approximate surface area is 118 Å². The summed E-state index contributed by atoms with van der Waals surface area (Å²) in [6, 6.07) is 2.23. The molecule has 2 aromatic rings. The molecule has 0 saturated carbocycles. The van der Waals surface area contributed by atoms with Gasteiger partial charge in [0, 0.05) is 18.2 Å². The molecule has 0 saturated heterocycles. The Morgan fingerprint density at radius 3 is 1.86 bits per heavy atom. The van der Waals surface area contributed by atoms with Crippen molar-refractivity contribution >= 4 is 18.2 Å². The molecule has 7 heteroatoms. The van der Waals surface area contributed by atoms with Crippen LogP contribution >= 0.6 is 0 Å². The van der Waals surface area contributed by atoms with Crippen LogP contribution in [0.3, 0.4) is 0 Å². The van der Waals surface area contributed by atoms with Crippen molar-refractivity contribution < 1.29 is 26.7 Å². The van der Waals surface area contributed by atoms with Gasteiger partial charge in [-0.2, -0.15) is 0 Å². The molecule has 1 nitrogen and oxygen atoms in total. The van der Waals surface area contributed by atoms with E-state index in [0.29, 0.717) is 6.07 Å². The van der Waals surface area contributed by atoms with E-state index >= 15 is 0 Å². The Balaban J connectivity index is 2.51. The van der Waals surface area contributed by atoms with Crippen LogP contribution in [0.25, 0.3) is 0 Å². The Morgan fingerprint density at radius 2 is 1.33 bits per heavy atom. The van der Waals surface area contributed by atoms with E-state index in [-0.39, 0.29) is 16.8 Å². The SMILES string of the molecule is COc1cc(F)c(Bc2c(F)cc(F)c(F)c2C)c(F)c1. The monoisotopic (exact) mass is 300 g/mol.